The average Bonchev–Trinajstić information content (AvgIpc) is 3.20. The topological polar surface area (TPSA) is 98.7 Å². The van der Waals surface area contributed by atoms with Crippen molar-refractivity contribution >= 4 is 28.7 Å². The maximum absolute atomic E-state index is 13.1. The molecule has 2 heterocycles. The molecular formula is C31H37NO6. The summed E-state index contributed by atoms with van der Waals surface area (Å²) in [6.07, 6.45) is 10.1. The fraction of sp³-hybridized carbons (Fsp3) is 0.387. The van der Waals surface area contributed by atoms with Crippen LogP contribution in [-0.2, 0) is 23.0 Å². The first-order chi connectivity index (χ1) is 18.2. The second-order valence-electron chi connectivity index (χ2n) is 9.71. The fourth-order valence-corrected chi connectivity index (χ4v) is 4.40. The summed E-state index contributed by atoms with van der Waals surface area (Å²) < 4.78 is 12.0. The van der Waals surface area contributed by atoms with Crippen LogP contribution in [0.15, 0.2) is 57.3 Å². The van der Waals surface area contributed by atoms with Crippen molar-refractivity contribution in [1.82, 2.24) is 4.57 Å². The van der Waals surface area contributed by atoms with E-state index in [9.17, 15) is 19.5 Å². The van der Waals surface area contributed by atoms with Gasteiger partial charge in [-0.15, -0.1) is 0 Å². The largest absolute Gasteiger partial charge is 0.507 e. The van der Waals surface area contributed by atoms with Gasteiger partial charge in [-0.3, -0.25) is 9.59 Å². The van der Waals surface area contributed by atoms with Crippen LogP contribution in [0.2, 0.25) is 0 Å². The highest BCUT2D eigenvalue weighted by Crippen LogP contribution is 2.27. The molecule has 0 radical (unpaired) electrons. The minimum atomic E-state index is -0.858. The summed E-state index contributed by atoms with van der Waals surface area (Å²) in [5.74, 6) is -1.14. The van der Waals surface area contributed by atoms with Crippen LogP contribution in [0.1, 0.15) is 86.2 Å². The maximum atomic E-state index is 13.1. The van der Waals surface area contributed by atoms with Gasteiger partial charge >= 0.3 is 11.6 Å². The van der Waals surface area contributed by atoms with Crippen LogP contribution < -0.4 is 5.63 Å². The lowest BCUT2D eigenvalue weighted by atomic mass is 9.99. The molecule has 1 unspecified atom stereocenters. The SMILES string of the molecule is CCCCc1ccc2c(c1)cc(C=C(C)C(=O)c1c(O)cc(C(C)CC/C=C/CC(=O)OC)oc1=O)n2C. The first-order valence-corrected chi connectivity index (χ1v) is 13.1. The molecule has 202 valence electrons. The number of hydrogen-bond acceptors (Lipinski definition) is 6. The third kappa shape index (κ3) is 6.91. The van der Waals surface area contributed by atoms with Crippen LogP contribution in [0.3, 0.4) is 0 Å². The van der Waals surface area contributed by atoms with Crippen molar-refractivity contribution in [3.05, 3.63) is 81.1 Å². The Hall–Kier alpha value is -3.87. The number of carbonyl (C=O) groups excluding carboxylic acids is 2. The lowest BCUT2D eigenvalue weighted by molar-refractivity contribution is -0.139. The summed E-state index contributed by atoms with van der Waals surface area (Å²) in [7, 11) is 3.27. The second kappa shape index (κ2) is 13.1. The number of aromatic hydroxyl groups is 1. The number of nitrogens with zero attached hydrogens (tertiary/aromatic N) is 1. The third-order valence-corrected chi connectivity index (χ3v) is 6.79. The highest BCUT2D eigenvalue weighted by molar-refractivity contribution is 6.12. The Bertz CT molecular complexity index is 1420. The van der Waals surface area contributed by atoms with E-state index in [1.165, 1.54) is 18.7 Å². The molecule has 0 aliphatic carbocycles. The molecule has 7 nitrogen and oxygen atoms in total. The van der Waals surface area contributed by atoms with Crippen molar-refractivity contribution in [2.24, 2.45) is 7.05 Å². The van der Waals surface area contributed by atoms with E-state index in [0.717, 1.165) is 35.9 Å². The van der Waals surface area contributed by atoms with Gasteiger partial charge in [-0.1, -0.05) is 38.5 Å². The molecule has 0 spiro atoms. The van der Waals surface area contributed by atoms with Crippen LogP contribution in [0.5, 0.6) is 5.75 Å². The zero-order chi connectivity index (χ0) is 27.8. The van der Waals surface area contributed by atoms with Crippen molar-refractivity contribution in [2.75, 3.05) is 7.11 Å². The Morgan fingerprint density at radius 1 is 1.18 bits per heavy atom. The van der Waals surface area contributed by atoms with Crippen molar-refractivity contribution in [2.45, 2.75) is 65.2 Å². The summed E-state index contributed by atoms with van der Waals surface area (Å²) in [6.45, 7) is 5.67. The van der Waals surface area contributed by atoms with E-state index in [2.05, 4.69) is 29.9 Å². The van der Waals surface area contributed by atoms with Gasteiger partial charge in [-0.05, 0) is 68.0 Å². The second-order valence-corrected chi connectivity index (χ2v) is 9.71. The first-order valence-electron chi connectivity index (χ1n) is 13.1. The van der Waals surface area contributed by atoms with Crippen LogP contribution >= 0.6 is 0 Å². The minimum absolute atomic E-state index is 0.171. The summed E-state index contributed by atoms with van der Waals surface area (Å²) in [5.41, 5.74) is 2.26. The Balaban J connectivity index is 1.77. The number of ketones is 1. The molecule has 7 heteroatoms. The van der Waals surface area contributed by atoms with Gasteiger partial charge in [-0.25, -0.2) is 4.79 Å². The average molecular weight is 520 g/mol. The molecule has 0 bridgehead atoms. The number of unbranched alkanes of at least 4 members (excludes halogenated alkanes) is 1. The van der Waals surface area contributed by atoms with Crippen molar-refractivity contribution in [1.29, 1.82) is 0 Å². The Kier molecular flexibility index (Phi) is 9.88. The van der Waals surface area contributed by atoms with Crippen molar-refractivity contribution < 1.29 is 23.8 Å². The number of fused-ring (bicyclic) bond motifs is 1. The fourth-order valence-electron chi connectivity index (χ4n) is 4.40. The Morgan fingerprint density at radius 3 is 2.63 bits per heavy atom. The molecule has 0 amide bonds. The molecule has 0 aliphatic heterocycles. The van der Waals surface area contributed by atoms with Crippen molar-refractivity contribution in [3.8, 4) is 5.75 Å². The van der Waals surface area contributed by atoms with E-state index < -0.39 is 11.4 Å². The van der Waals surface area contributed by atoms with Gasteiger partial charge in [0.15, 0.2) is 5.78 Å². The molecule has 1 N–H and O–H groups in total. The maximum Gasteiger partial charge on any atom is 0.351 e. The number of hydrogen-bond donors (Lipinski definition) is 1. The summed E-state index contributed by atoms with van der Waals surface area (Å²) in [6, 6.07) is 9.76. The molecule has 3 aromatic rings. The highest BCUT2D eigenvalue weighted by atomic mass is 16.5. The molecule has 0 aliphatic rings. The molecule has 38 heavy (non-hydrogen) atoms. The standard InChI is InChI=1S/C31H37NO6/c1-6-7-12-22-14-15-25-23(17-22)18-24(32(25)4)16-21(3)30(35)29-26(33)19-27(38-31(29)36)20(2)11-9-8-10-13-28(34)37-5/h8,10,14-20,33H,6-7,9,11-13H2,1-5H3/b10-8+,21-16?. The zero-order valence-corrected chi connectivity index (χ0v) is 22.9. The number of methoxy groups -OCH3 is 1. The van der Waals surface area contributed by atoms with Gasteiger partial charge in [0.05, 0.1) is 13.5 Å². The zero-order valence-electron chi connectivity index (χ0n) is 22.9. The first kappa shape index (κ1) is 28.7. The summed E-state index contributed by atoms with van der Waals surface area (Å²) in [4.78, 5) is 37.0. The highest BCUT2D eigenvalue weighted by Gasteiger charge is 2.22. The van der Waals surface area contributed by atoms with Crippen molar-refractivity contribution in [3.63, 3.8) is 0 Å². The van der Waals surface area contributed by atoms with Gasteiger partial charge in [0.1, 0.15) is 17.1 Å². The van der Waals surface area contributed by atoms with Gasteiger partial charge in [-0.2, -0.15) is 0 Å². The molecular weight excluding hydrogens is 482 g/mol. The van der Waals surface area contributed by atoms with E-state index >= 15 is 0 Å². The molecule has 0 fully saturated rings. The Labute approximate surface area is 223 Å². The lowest BCUT2D eigenvalue weighted by Gasteiger charge is -2.11. The predicted molar refractivity (Wildman–Crippen MR) is 150 cm³/mol. The monoisotopic (exact) mass is 519 g/mol. The van der Waals surface area contributed by atoms with Gasteiger partial charge in [0.2, 0.25) is 0 Å². The Morgan fingerprint density at radius 2 is 1.95 bits per heavy atom. The van der Waals surface area contributed by atoms with Crippen LogP contribution in [0.4, 0.5) is 0 Å². The number of carbonyl (C=O) groups is 2. The van der Waals surface area contributed by atoms with Crippen LogP contribution in [0.25, 0.3) is 17.0 Å². The van der Waals surface area contributed by atoms with E-state index in [1.807, 2.05) is 30.7 Å². The number of Topliss-reactive ketones (excluding diaryl/α,β-unsaturated/α-hetero) is 1. The molecule has 3 rings (SSSR count). The molecule has 0 saturated heterocycles. The van der Waals surface area contributed by atoms with Gasteiger partial charge < -0.3 is 18.8 Å². The normalized spacial score (nSPS) is 12.8. The number of aryl methyl sites for hydroxylation is 2. The number of rotatable bonds is 12. The van der Waals surface area contributed by atoms with Crippen LogP contribution in [-0.4, -0.2) is 28.5 Å². The van der Waals surface area contributed by atoms with E-state index in [-0.39, 0.29) is 29.6 Å². The smallest absolute Gasteiger partial charge is 0.351 e. The summed E-state index contributed by atoms with van der Waals surface area (Å²) >= 11 is 0. The van der Waals surface area contributed by atoms with Gasteiger partial charge in [0.25, 0.3) is 0 Å². The number of esters is 1. The number of benzene rings is 1. The quantitative estimate of drug-likeness (QED) is 0.127. The molecule has 1 atom stereocenters. The van der Waals surface area contributed by atoms with E-state index in [1.54, 1.807) is 19.1 Å². The van der Waals surface area contributed by atoms with Gasteiger partial charge in [0, 0.05) is 35.6 Å². The number of ether oxygens (including phenoxy) is 1. The number of allylic oxidation sites excluding steroid dienone is 2. The lowest BCUT2D eigenvalue weighted by Crippen LogP contribution is -2.16. The van der Waals surface area contributed by atoms with E-state index in [4.69, 9.17) is 4.42 Å². The minimum Gasteiger partial charge on any atom is -0.507 e. The molecule has 1 aromatic carbocycles. The predicted octanol–water partition coefficient (Wildman–Crippen LogP) is 6.47. The summed E-state index contributed by atoms with van der Waals surface area (Å²) in [5, 5.41) is 11.7. The van der Waals surface area contributed by atoms with Crippen LogP contribution in [0, 0.1) is 0 Å². The number of aromatic nitrogens is 1. The molecule has 0 saturated carbocycles. The van der Waals surface area contributed by atoms with E-state index in [0.29, 0.717) is 24.2 Å². The molecule has 2 aromatic heterocycles. The third-order valence-electron chi connectivity index (χ3n) is 6.79.